The van der Waals surface area contributed by atoms with Gasteiger partial charge in [-0.1, -0.05) is 17.7 Å². The Bertz CT molecular complexity index is 577. The van der Waals surface area contributed by atoms with E-state index in [2.05, 4.69) is 0 Å². The van der Waals surface area contributed by atoms with Gasteiger partial charge in [0.1, 0.15) is 12.4 Å². The highest BCUT2D eigenvalue weighted by Crippen LogP contribution is 2.25. The van der Waals surface area contributed by atoms with Gasteiger partial charge < -0.3 is 14.9 Å². The summed E-state index contributed by atoms with van der Waals surface area (Å²) in [4.78, 5) is 12.2. The molecule has 0 aliphatic heterocycles. The third kappa shape index (κ3) is 2.39. The van der Waals surface area contributed by atoms with Crippen LogP contribution in [0.2, 0.25) is 5.02 Å². The summed E-state index contributed by atoms with van der Waals surface area (Å²) in [5, 5.41) is 0.351. The van der Waals surface area contributed by atoms with Gasteiger partial charge in [0.25, 0.3) is 0 Å². The Morgan fingerprint density at radius 2 is 2.17 bits per heavy atom. The van der Waals surface area contributed by atoms with Crippen molar-refractivity contribution in [1.29, 1.82) is 0 Å². The number of carbonyl (C=O) groups is 1. The molecule has 0 unspecified atom stereocenters. The number of nitrogens with two attached hydrogens (primary N) is 1. The molecule has 94 valence electrons. The summed E-state index contributed by atoms with van der Waals surface area (Å²) >= 11 is 5.87. The van der Waals surface area contributed by atoms with Crippen molar-refractivity contribution >= 4 is 23.1 Å². The molecule has 0 fully saturated rings. The van der Waals surface area contributed by atoms with Crippen LogP contribution in [0.4, 0.5) is 5.69 Å². The Morgan fingerprint density at radius 1 is 1.39 bits per heavy atom. The number of anilines is 1. The zero-order chi connectivity index (χ0) is 13.1. The molecule has 0 saturated heterocycles. The van der Waals surface area contributed by atoms with Crippen LogP contribution in [0.5, 0.6) is 0 Å². The maximum Gasteiger partial charge on any atom is 0.230 e. The Labute approximate surface area is 109 Å². The van der Waals surface area contributed by atoms with Crippen LogP contribution in [0, 0.1) is 0 Å². The maximum atomic E-state index is 12.2. The van der Waals surface area contributed by atoms with E-state index in [4.69, 9.17) is 26.5 Å². The van der Waals surface area contributed by atoms with Gasteiger partial charge in [0.05, 0.1) is 16.3 Å². The van der Waals surface area contributed by atoms with Crippen LogP contribution >= 0.6 is 11.6 Å². The topological polar surface area (TPSA) is 65.5 Å². The molecule has 0 radical (unpaired) electrons. The fourth-order valence-electron chi connectivity index (χ4n) is 1.59. The lowest BCUT2D eigenvalue weighted by Gasteiger charge is -2.04. The standard InChI is InChI=1S/C13H12ClNO3/c1-17-7-8-5-6-11(18-8)13(16)9-3-2-4-10(14)12(9)15/h2-6H,7,15H2,1H3. The molecule has 0 spiro atoms. The van der Waals surface area contributed by atoms with E-state index in [1.165, 1.54) is 0 Å². The first-order valence-corrected chi connectivity index (χ1v) is 5.67. The van der Waals surface area contributed by atoms with E-state index in [1.807, 2.05) is 0 Å². The van der Waals surface area contributed by atoms with Gasteiger partial charge in [0, 0.05) is 7.11 Å². The maximum absolute atomic E-state index is 12.2. The van der Waals surface area contributed by atoms with Crippen molar-refractivity contribution in [3.05, 3.63) is 52.4 Å². The number of rotatable bonds is 4. The Morgan fingerprint density at radius 3 is 2.89 bits per heavy atom. The van der Waals surface area contributed by atoms with E-state index in [0.717, 1.165) is 0 Å². The molecule has 1 aromatic heterocycles. The van der Waals surface area contributed by atoms with Crippen molar-refractivity contribution in [2.24, 2.45) is 0 Å². The van der Waals surface area contributed by atoms with Gasteiger partial charge >= 0.3 is 0 Å². The number of hydrogen-bond acceptors (Lipinski definition) is 4. The molecule has 0 bridgehead atoms. The van der Waals surface area contributed by atoms with E-state index in [0.29, 0.717) is 23.0 Å². The Hall–Kier alpha value is -1.78. The van der Waals surface area contributed by atoms with E-state index in [-0.39, 0.29) is 17.2 Å². The van der Waals surface area contributed by atoms with Gasteiger partial charge in [0.15, 0.2) is 5.76 Å². The fourth-order valence-corrected chi connectivity index (χ4v) is 1.76. The second kappa shape index (κ2) is 5.25. The number of ether oxygens (including phenoxy) is 1. The molecule has 4 nitrogen and oxygen atoms in total. The van der Waals surface area contributed by atoms with Crippen molar-refractivity contribution in [3.63, 3.8) is 0 Å². The molecule has 2 aromatic rings. The number of nitrogen functional groups attached to an aromatic ring is 1. The highest BCUT2D eigenvalue weighted by Gasteiger charge is 2.17. The fraction of sp³-hybridized carbons (Fsp3) is 0.154. The van der Waals surface area contributed by atoms with E-state index in [1.54, 1.807) is 37.4 Å². The average Bonchev–Trinajstić information content (AvgIpc) is 2.81. The molecule has 0 saturated carbocycles. The first kappa shape index (κ1) is 12.7. The van der Waals surface area contributed by atoms with Crippen LogP contribution < -0.4 is 5.73 Å². The largest absolute Gasteiger partial charge is 0.455 e. The van der Waals surface area contributed by atoms with E-state index in [9.17, 15) is 4.79 Å². The highest BCUT2D eigenvalue weighted by atomic mass is 35.5. The van der Waals surface area contributed by atoms with Crippen LogP contribution in [0.3, 0.4) is 0 Å². The van der Waals surface area contributed by atoms with Gasteiger partial charge in [-0.2, -0.15) is 0 Å². The van der Waals surface area contributed by atoms with Crippen molar-refractivity contribution in [2.45, 2.75) is 6.61 Å². The van der Waals surface area contributed by atoms with Crippen molar-refractivity contribution in [2.75, 3.05) is 12.8 Å². The van der Waals surface area contributed by atoms with Gasteiger partial charge in [-0.25, -0.2) is 0 Å². The number of halogens is 1. The Kier molecular flexibility index (Phi) is 3.69. The molecule has 1 heterocycles. The summed E-state index contributed by atoms with van der Waals surface area (Å²) < 4.78 is 10.3. The molecular formula is C13H12ClNO3. The Balaban J connectivity index is 2.32. The minimum Gasteiger partial charge on any atom is -0.455 e. The van der Waals surface area contributed by atoms with Crippen molar-refractivity contribution in [1.82, 2.24) is 0 Å². The summed E-state index contributed by atoms with van der Waals surface area (Å²) in [5.41, 5.74) is 6.36. The smallest absolute Gasteiger partial charge is 0.230 e. The summed E-state index contributed by atoms with van der Waals surface area (Å²) in [6, 6.07) is 8.20. The normalized spacial score (nSPS) is 10.6. The molecule has 2 N–H and O–H groups in total. The lowest BCUT2D eigenvalue weighted by molar-refractivity contribution is 0.100. The highest BCUT2D eigenvalue weighted by molar-refractivity contribution is 6.34. The summed E-state index contributed by atoms with van der Waals surface area (Å²) in [7, 11) is 1.55. The van der Waals surface area contributed by atoms with Crippen LogP contribution in [0.1, 0.15) is 21.9 Å². The quantitative estimate of drug-likeness (QED) is 0.682. The summed E-state index contributed by atoms with van der Waals surface area (Å²) in [5.74, 6) is 0.509. The number of methoxy groups -OCH3 is 1. The molecule has 18 heavy (non-hydrogen) atoms. The average molecular weight is 266 g/mol. The van der Waals surface area contributed by atoms with Crippen LogP contribution in [-0.2, 0) is 11.3 Å². The minimum atomic E-state index is -0.294. The zero-order valence-corrected chi connectivity index (χ0v) is 10.5. The third-order valence-corrected chi connectivity index (χ3v) is 2.80. The number of furan rings is 1. The zero-order valence-electron chi connectivity index (χ0n) is 9.77. The van der Waals surface area contributed by atoms with Crippen LogP contribution in [-0.4, -0.2) is 12.9 Å². The van der Waals surface area contributed by atoms with Crippen LogP contribution in [0.25, 0.3) is 0 Å². The predicted octanol–water partition coefficient (Wildman–Crippen LogP) is 2.89. The second-order valence-corrected chi connectivity index (χ2v) is 4.14. The number of benzene rings is 1. The summed E-state index contributed by atoms with van der Waals surface area (Å²) in [6.07, 6.45) is 0. The molecule has 0 atom stereocenters. The number of hydrogen-bond donors (Lipinski definition) is 1. The molecule has 1 aromatic carbocycles. The van der Waals surface area contributed by atoms with Gasteiger partial charge in [-0.3, -0.25) is 4.79 Å². The molecule has 0 amide bonds. The molecule has 2 rings (SSSR count). The molecule has 5 heteroatoms. The third-order valence-electron chi connectivity index (χ3n) is 2.47. The minimum absolute atomic E-state index is 0.219. The number of carbonyl (C=O) groups excluding carboxylic acids is 1. The second-order valence-electron chi connectivity index (χ2n) is 3.73. The first-order chi connectivity index (χ1) is 8.63. The lowest BCUT2D eigenvalue weighted by Crippen LogP contribution is -2.04. The van der Waals surface area contributed by atoms with Crippen LogP contribution in [0.15, 0.2) is 34.7 Å². The summed E-state index contributed by atoms with van der Waals surface area (Å²) in [6.45, 7) is 0.318. The molecule has 0 aliphatic carbocycles. The van der Waals surface area contributed by atoms with Gasteiger partial charge in [-0.05, 0) is 24.3 Å². The van der Waals surface area contributed by atoms with Crippen molar-refractivity contribution in [3.8, 4) is 0 Å². The van der Waals surface area contributed by atoms with E-state index >= 15 is 0 Å². The number of ketones is 1. The molecular weight excluding hydrogens is 254 g/mol. The predicted molar refractivity (Wildman–Crippen MR) is 68.7 cm³/mol. The SMILES string of the molecule is COCc1ccc(C(=O)c2cccc(Cl)c2N)o1. The van der Waals surface area contributed by atoms with Gasteiger partial charge in [-0.15, -0.1) is 0 Å². The number of para-hydroxylation sites is 1. The monoisotopic (exact) mass is 265 g/mol. The first-order valence-electron chi connectivity index (χ1n) is 5.30. The van der Waals surface area contributed by atoms with Gasteiger partial charge in [0.2, 0.25) is 5.78 Å². The van der Waals surface area contributed by atoms with E-state index < -0.39 is 0 Å². The molecule has 0 aliphatic rings. The lowest BCUT2D eigenvalue weighted by atomic mass is 10.1. The van der Waals surface area contributed by atoms with Crippen molar-refractivity contribution < 1.29 is 13.9 Å².